The van der Waals surface area contributed by atoms with E-state index in [1.807, 2.05) is 39.0 Å². The van der Waals surface area contributed by atoms with Gasteiger partial charge in [-0.3, -0.25) is 19.3 Å². The van der Waals surface area contributed by atoms with Crippen molar-refractivity contribution in [3.05, 3.63) is 82.6 Å². The Hall–Kier alpha value is -3.65. The fraction of sp³-hybridized carbons (Fsp3) is 0.269. The van der Waals surface area contributed by atoms with Gasteiger partial charge >= 0.3 is 0 Å². The molecule has 1 heterocycles. The van der Waals surface area contributed by atoms with Gasteiger partial charge in [-0.1, -0.05) is 48.5 Å². The van der Waals surface area contributed by atoms with Crippen molar-refractivity contribution in [2.45, 2.75) is 32.4 Å². The van der Waals surface area contributed by atoms with Crippen LogP contribution in [0.4, 0.5) is 5.69 Å². The Bertz CT molecular complexity index is 1120. The second kappa shape index (κ2) is 11.0. The molecule has 0 radical (unpaired) electrons. The van der Waals surface area contributed by atoms with Gasteiger partial charge in [-0.15, -0.1) is 11.3 Å². The normalized spacial score (nSPS) is 11.9. The van der Waals surface area contributed by atoms with Crippen molar-refractivity contribution in [1.82, 2.24) is 10.6 Å². The number of carbonyl (C=O) groups is 3. The first kappa shape index (κ1) is 25.0. The third-order valence-corrected chi connectivity index (χ3v) is 5.75. The summed E-state index contributed by atoms with van der Waals surface area (Å²) >= 11 is 1.29. The Morgan fingerprint density at radius 2 is 1.65 bits per heavy atom. The first-order chi connectivity index (χ1) is 16.2. The van der Waals surface area contributed by atoms with Crippen LogP contribution in [-0.2, 0) is 9.59 Å². The van der Waals surface area contributed by atoms with Crippen molar-refractivity contribution in [3.8, 4) is 5.75 Å². The number of nitrogens with zero attached hydrogens (tertiary/aromatic N) is 1. The number of amides is 3. The maximum atomic E-state index is 13.6. The topological polar surface area (TPSA) is 87.7 Å². The molecule has 8 heteroatoms. The summed E-state index contributed by atoms with van der Waals surface area (Å²) in [4.78, 5) is 41.6. The van der Waals surface area contributed by atoms with Crippen molar-refractivity contribution >= 4 is 34.7 Å². The van der Waals surface area contributed by atoms with Gasteiger partial charge in [-0.25, -0.2) is 0 Å². The van der Waals surface area contributed by atoms with E-state index < -0.39 is 17.5 Å². The fourth-order valence-corrected chi connectivity index (χ4v) is 4.11. The summed E-state index contributed by atoms with van der Waals surface area (Å²) in [6.07, 6.45) is 0. The van der Waals surface area contributed by atoms with E-state index in [-0.39, 0.29) is 18.4 Å². The van der Waals surface area contributed by atoms with Crippen LogP contribution in [0.15, 0.2) is 72.1 Å². The van der Waals surface area contributed by atoms with Crippen LogP contribution in [0.3, 0.4) is 0 Å². The Kier molecular flexibility index (Phi) is 8.07. The van der Waals surface area contributed by atoms with E-state index in [1.54, 1.807) is 53.9 Å². The molecular formula is C26H29N3O4S. The molecular weight excluding hydrogens is 450 g/mol. The summed E-state index contributed by atoms with van der Waals surface area (Å²) in [6, 6.07) is 18.5. The van der Waals surface area contributed by atoms with Crippen LogP contribution in [-0.4, -0.2) is 36.9 Å². The molecule has 0 spiro atoms. The van der Waals surface area contributed by atoms with Crippen LogP contribution in [0.2, 0.25) is 0 Å². The van der Waals surface area contributed by atoms with Gasteiger partial charge in [-0.2, -0.15) is 0 Å². The number of benzene rings is 2. The molecule has 0 saturated heterocycles. The standard InChI is InChI=1S/C26H29N3O4S/c1-26(2,3)28-25(32)23(18-11-6-5-7-12-18)29(19-13-8-9-14-20(19)33-4)22(30)17-27-24(31)21-15-10-16-34-21/h5-16,23H,17H2,1-4H3,(H,27,31)(H,28,32). The number of hydrogen-bond acceptors (Lipinski definition) is 5. The highest BCUT2D eigenvalue weighted by atomic mass is 32.1. The number of anilines is 1. The van der Waals surface area contributed by atoms with Crippen LogP contribution in [0.25, 0.3) is 0 Å². The molecule has 0 aliphatic heterocycles. The van der Waals surface area contributed by atoms with Crippen molar-refractivity contribution in [2.24, 2.45) is 0 Å². The summed E-state index contributed by atoms with van der Waals surface area (Å²) in [5, 5.41) is 7.45. The quantitative estimate of drug-likeness (QED) is 0.508. The highest BCUT2D eigenvalue weighted by Gasteiger charge is 2.35. The Morgan fingerprint density at radius 3 is 2.26 bits per heavy atom. The monoisotopic (exact) mass is 479 g/mol. The lowest BCUT2D eigenvalue weighted by molar-refractivity contribution is -0.127. The minimum Gasteiger partial charge on any atom is -0.495 e. The van der Waals surface area contributed by atoms with Crippen molar-refractivity contribution < 1.29 is 19.1 Å². The minimum absolute atomic E-state index is 0.291. The van der Waals surface area contributed by atoms with Crippen LogP contribution < -0.4 is 20.3 Å². The first-order valence-electron chi connectivity index (χ1n) is 10.8. The number of methoxy groups -OCH3 is 1. The average molecular weight is 480 g/mol. The lowest BCUT2D eigenvalue weighted by Crippen LogP contribution is -2.51. The summed E-state index contributed by atoms with van der Waals surface area (Å²) < 4.78 is 5.52. The molecule has 3 aromatic rings. The number of nitrogens with one attached hydrogen (secondary N) is 2. The molecule has 178 valence electrons. The van der Waals surface area contributed by atoms with Crippen molar-refractivity contribution in [2.75, 3.05) is 18.6 Å². The molecule has 2 aromatic carbocycles. The molecule has 1 atom stereocenters. The smallest absolute Gasteiger partial charge is 0.261 e. The third kappa shape index (κ3) is 6.23. The number of hydrogen-bond donors (Lipinski definition) is 2. The van der Waals surface area contributed by atoms with Crippen LogP contribution >= 0.6 is 11.3 Å². The molecule has 1 aromatic heterocycles. The Balaban J connectivity index is 2.04. The van der Waals surface area contributed by atoms with E-state index >= 15 is 0 Å². The SMILES string of the molecule is COc1ccccc1N(C(=O)CNC(=O)c1cccs1)C(C(=O)NC(C)(C)C)c1ccccc1. The summed E-state index contributed by atoms with van der Waals surface area (Å²) in [6.45, 7) is 5.34. The second-order valence-corrected chi connectivity index (χ2v) is 9.60. The van der Waals surface area contributed by atoms with Crippen molar-refractivity contribution in [3.63, 3.8) is 0 Å². The average Bonchev–Trinajstić information content (AvgIpc) is 3.35. The Labute approximate surface area is 203 Å². The third-order valence-electron chi connectivity index (χ3n) is 4.88. The molecule has 34 heavy (non-hydrogen) atoms. The van der Waals surface area contributed by atoms with Gasteiger partial charge in [0.25, 0.3) is 5.91 Å². The molecule has 0 fully saturated rings. The summed E-state index contributed by atoms with van der Waals surface area (Å²) in [7, 11) is 1.51. The lowest BCUT2D eigenvalue weighted by atomic mass is 10.0. The van der Waals surface area contributed by atoms with Gasteiger partial charge in [0.1, 0.15) is 11.8 Å². The predicted molar refractivity (Wildman–Crippen MR) is 134 cm³/mol. The van der Waals surface area contributed by atoms with Gasteiger partial charge in [0.05, 0.1) is 24.2 Å². The first-order valence-corrected chi connectivity index (χ1v) is 11.7. The zero-order valence-corrected chi connectivity index (χ0v) is 20.5. The molecule has 7 nitrogen and oxygen atoms in total. The lowest BCUT2D eigenvalue weighted by Gasteiger charge is -2.34. The van der Waals surface area contributed by atoms with Gasteiger partial charge in [0, 0.05) is 5.54 Å². The number of carbonyl (C=O) groups excluding carboxylic acids is 3. The van der Waals surface area contributed by atoms with Gasteiger partial charge in [0.15, 0.2) is 0 Å². The molecule has 0 aliphatic rings. The number of thiophene rings is 1. The molecule has 1 unspecified atom stereocenters. The Morgan fingerprint density at radius 1 is 0.971 bits per heavy atom. The van der Waals surface area contributed by atoms with E-state index in [4.69, 9.17) is 4.74 Å². The van der Waals surface area contributed by atoms with Crippen LogP contribution in [0, 0.1) is 0 Å². The molecule has 2 N–H and O–H groups in total. The number of rotatable bonds is 8. The zero-order chi connectivity index (χ0) is 24.7. The number of ether oxygens (including phenoxy) is 1. The maximum absolute atomic E-state index is 13.6. The predicted octanol–water partition coefficient (Wildman–Crippen LogP) is 4.18. The van der Waals surface area contributed by atoms with Crippen molar-refractivity contribution in [1.29, 1.82) is 0 Å². The summed E-state index contributed by atoms with van der Waals surface area (Å²) in [5.41, 5.74) is 0.541. The second-order valence-electron chi connectivity index (χ2n) is 8.65. The highest BCUT2D eigenvalue weighted by molar-refractivity contribution is 7.12. The minimum atomic E-state index is -0.983. The molecule has 3 amide bonds. The molecule has 0 aliphatic carbocycles. The summed E-state index contributed by atoms with van der Waals surface area (Å²) in [5.74, 6) is -0.710. The van der Waals surface area contributed by atoms with Gasteiger partial charge < -0.3 is 15.4 Å². The van der Waals surface area contributed by atoms with Gasteiger partial charge in [-0.05, 0) is 49.9 Å². The van der Waals surface area contributed by atoms with Gasteiger partial charge in [0.2, 0.25) is 11.8 Å². The van der Waals surface area contributed by atoms with E-state index in [9.17, 15) is 14.4 Å². The van der Waals surface area contributed by atoms with E-state index in [1.165, 1.54) is 23.3 Å². The largest absolute Gasteiger partial charge is 0.495 e. The fourth-order valence-electron chi connectivity index (χ4n) is 3.47. The van der Waals surface area contributed by atoms with Crippen LogP contribution in [0.5, 0.6) is 5.75 Å². The number of para-hydroxylation sites is 2. The van der Waals surface area contributed by atoms with E-state index in [0.717, 1.165) is 0 Å². The highest BCUT2D eigenvalue weighted by Crippen LogP contribution is 2.35. The van der Waals surface area contributed by atoms with Crippen LogP contribution in [0.1, 0.15) is 42.0 Å². The molecule has 0 saturated carbocycles. The van der Waals surface area contributed by atoms with E-state index in [2.05, 4.69) is 10.6 Å². The molecule has 0 bridgehead atoms. The zero-order valence-electron chi connectivity index (χ0n) is 19.7. The molecule has 3 rings (SSSR count). The van der Waals surface area contributed by atoms with E-state index in [0.29, 0.717) is 21.9 Å². The maximum Gasteiger partial charge on any atom is 0.261 e.